The number of rotatable bonds is 6. The Morgan fingerprint density at radius 1 is 1.00 bits per heavy atom. The van der Waals surface area contributed by atoms with Gasteiger partial charge in [-0.2, -0.15) is 0 Å². The zero-order valence-electron chi connectivity index (χ0n) is 15.6. The molecule has 1 nitrogen and oxygen atoms in total. The molecule has 0 aliphatic carbocycles. The smallest absolute Gasteiger partial charge is 0.123 e. The quantitative estimate of drug-likeness (QED) is 0.220. The van der Waals surface area contributed by atoms with E-state index < -0.39 is 0 Å². The van der Waals surface area contributed by atoms with Gasteiger partial charge in [-0.05, 0) is 75.6 Å². The fourth-order valence-electron chi connectivity index (χ4n) is 1.87. The van der Waals surface area contributed by atoms with Crippen molar-refractivity contribution in [3.05, 3.63) is 82.5 Å². The highest BCUT2D eigenvalue weighted by molar-refractivity contribution is 8.14. The summed E-state index contributed by atoms with van der Waals surface area (Å²) >= 11 is 3.28. The van der Waals surface area contributed by atoms with Crippen LogP contribution in [-0.2, 0) is 0 Å². The zero-order chi connectivity index (χ0) is 18.9. The van der Waals surface area contributed by atoms with E-state index in [4.69, 9.17) is 4.99 Å². The Balaban J connectivity index is 2.13. The molecular weight excluding hydrogens is 361 g/mol. The summed E-state index contributed by atoms with van der Waals surface area (Å²) < 4.78 is 13.0. The van der Waals surface area contributed by atoms with Crippen LogP contribution >= 0.6 is 23.5 Å². The molecule has 0 spiro atoms. The molecule has 0 aliphatic rings. The van der Waals surface area contributed by atoms with Crippen molar-refractivity contribution in [2.45, 2.75) is 32.6 Å². The minimum absolute atomic E-state index is 0.215. The van der Waals surface area contributed by atoms with Crippen LogP contribution in [0.1, 0.15) is 26.3 Å². The average molecular weight is 386 g/mol. The van der Waals surface area contributed by atoms with Crippen LogP contribution in [0.3, 0.4) is 0 Å². The third-order valence-electron chi connectivity index (χ3n) is 3.79. The van der Waals surface area contributed by atoms with Crippen molar-refractivity contribution < 1.29 is 4.39 Å². The predicted molar refractivity (Wildman–Crippen MR) is 116 cm³/mol. The summed E-state index contributed by atoms with van der Waals surface area (Å²) in [6.07, 6.45) is 2.02. The number of aliphatic imine (C=N–C) groups is 1. The van der Waals surface area contributed by atoms with E-state index in [9.17, 15) is 4.39 Å². The Bertz CT molecular complexity index is 799. The van der Waals surface area contributed by atoms with Crippen LogP contribution in [0.25, 0.3) is 0 Å². The third kappa shape index (κ3) is 7.22. The molecule has 0 aromatic heterocycles. The summed E-state index contributed by atoms with van der Waals surface area (Å²) in [5, 5.41) is 2.97. The van der Waals surface area contributed by atoms with E-state index in [0.717, 1.165) is 21.4 Å². The lowest BCUT2D eigenvalue weighted by Gasteiger charge is -2.05. The van der Waals surface area contributed by atoms with Gasteiger partial charge in [0.1, 0.15) is 5.82 Å². The normalized spacial score (nSPS) is 11.8. The number of benzene rings is 2. The lowest BCUT2D eigenvalue weighted by molar-refractivity contribution is 0.626. The van der Waals surface area contributed by atoms with Crippen LogP contribution in [0.2, 0.25) is 0 Å². The maximum atomic E-state index is 13.0. The number of allylic oxidation sites excluding steroid dienone is 1. The van der Waals surface area contributed by atoms with E-state index in [1.54, 1.807) is 35.7 Å². The standard InChI is InChI=1S/C22H24FNS2/c1-16(2)18(4)15-26-22(24-20-9-5-17(3)6-10-20)13-14-25-21-11-7-19(23)8-12-21/h5-14H,15H2,1-4H3. The lowest BCUT2D eigenvalue weighted by Crippen LogP contribution is -1.92. The first-order valence-electron chi connectivity index (χ1n) is 8.44. The Morgan fingerprint density at radius 2 is 1.65 bits per heavy atom. The van der Waals surface area contributed by atoms with Crippen molar-refractivity contribution in [3.63, 3.8) is 0 Å². The van der Waals surface area contributed by atoms with Gasteiger partial charge in [0.25, 0.3) is 0 Å². The van der Waals surface area contributed by atoms with Crippen LogP contribution in [0, 0.1) is 12.7 Å². The van der Waals surface area contributed by atoms with Crippen molar-refractivity contribution in [1.29, 1.82) is 0 Å². The summed E-state index contributed by atoms with van der Waals surface area (Å²) in [7, 11) is 0. The maximum Gasteiger partial charge on any atom is 0.123 e. The van der Waals surface area contributed by atoms with Gasteiger partial charge < -0.3 is 0 Å². The molecule has 136 valence electrons. The van der Waals surface area contributed by atoms with Gasteiger partial charge in [0.15, 0.2) is 0 Å². The van der Waals surface area contributed by atoms with Crippen molar-refractivity contribution in [2.24, 2.45) is 4.99 Å². The number of halogens is 1. The first-order chi connectivity index (χ1) is 12.4. The first-order valence-corrected chi connectivity index (χ1v) is 10.3. The van der Waals surface area contributed by atoms with Gasteiger partial charge in [0, 0.05) is 10.6 Å². The molecule has 0 atom stereocenters. The van der Waals surface area contributed by atoms with E-state index >= 15 is 0 Å². The van der Waals surface area contributed by atoms with Gasteiger partial charge in [0.05, 0.1) is 10.7 Å². The Morgan fingerprint density at radius 3 is 2.27 bits per heavy atom. The molecule has 2 aromatic carbocycles. The van der Waals surface area contributed by atoms with E-state index in [0.29, 0.717) is 0 Å². The number of hydrogen-bond acceptors (Lipinski definition) is 3. The predicted octanol–water partition coefficient (Wildman–Crippen LogP) is 7.56. The van der Waals surface area contributed by atoms with Crippen LogP contribution in [0.4, 0.5) is 10.1 Å². The molecule has 26 heavy (non-hydrogen) atoms. The zero-order valence-corrected chi connectivity index (χ0v) is 17.3. The molecule has 0 unspecified atom stereocenters. The first kappa shape index (κ1) is 20.5. The highest BCUT2D eigenvalue weighted by Gasteiger charge is 2.01. The van der Waals surface area contributed by atoms with Crippen LogP contribution in [-0.4, -0.2) is 10.8 Å². The number of nitrogens with zero attached hydrogens (tertiary/aromatic N) is 1. The Labute approximate surface area is 164 Å². The minimum Gasteiger partial charge on any atom is -0.242 e. The van der Waals surface area contributed by atoms with Crippen LogP contribution in [0.5, 0.6) is 0 Å². The lowest BCUT2D eigenvalue weighted by atomic mass is 10.2. The van der Waals surface area contributed by atoms with Gasteiger partial charge >= 0.3 is 0 Å². The monoisotopic (exact) mass is 385 g/mol. The van der Waals surface area contributed by atoms with Gasteiger partial charge in [-0.25, -0.2) is 9.38 Å². The van der Waals surface area contributed by atoms with Gasteiger partial charge in [-0.1, -0.05) is 40.6 Å². The van der Waals surface area contributed by atoms with Crippen LogP contribution in [0.15, 0.2) is 81.0 Å². The third-order valence-corrected chi connectivity index (χ3v) is 5.71. The molecule has 0 amide bonds. The topological polar surface area (TPSA) is 12.4 Å². The fraction of sp³-hybridized carbons (Fsp3) is 0.227. The molecule has 0 aliphatic heterocycles. The molecule has 0 bridgehead atoms. The van der Waals surface area contributed by atoms with E-state index in [2.05, 4.69) is 39.8 Å². The summed E-state index contributed by atoms with van der Waals surface area (Å²) in [5.74, 6) is 0.700. The van der Waals surface area contributed by atoms with Crippen molar-refractivity contribution in [1.82, 2.24) is 0 Å². The molecule has 0 heterocycles. The molecule has 0 N–H and O–H groups in total. The largest absolute Gasteiger partial charge is 0.242 e. The van der Waals surface area contributed by atoms with Gasteiger partial charge in [0.2, 0.25) is 0 Å². The molecule has 0 radical (unpaired) electrons. The molecule has 0 saturated heterocycles. The number of hydrogen-bond donors (Lipinski definition) is 0. The second-order valence-corrected chi connectivity index (χ2v) is 8.20. The molecule has 0 saturated carbocycles. The maximum absolute atomic E-state index is 13.0. The SMILES string of the molecule is CC(C)=C(C)CSC(C=CSc1ccc(F)cc1)=Nc1ccc(C)cc1. The second-order valence-electron chi connectivity index (χ2n) is 6.23. The molecule has 2 aromatic rings. The highest BCUT2D eigenvalue weighted by Crippen LogP contribution is 2.23. The van der Waals surface area contributed by atoms with E-state index in [-0.39, 0.29) is 5.82 Å². The number of aryl methyl sites for hydroxylation is 1. The average Bonchev–Trinajstić information content (AvgIpc) is 2.62. The number of thioether (sulfide) groups is 2. The Hall–Kier alpha value is -1.78. The van der Waals surface area contributed by atoms with Crippen LogP contribution < -0.4 is 0 Å². The summed E-state index contributed by atoms with van der Waals surface area (Å²) in [4.78, 5) is 5.78. The molecule has 4 heteroatoms. The summed E-state index contributed by atoms with van der Waals surface area (Å²) in [6.45, 7) is 8.49. The van der Waals surface area contributed by atoms with E-state index in [1.165, 1.54) is 28.8 Å². The Kier molecular flexibility index (Phi) is 8.20. The summed E-state index contributed by atoms with van der Waals surface area (Å²) in [5.41, 5.74) is 4.88. The highest BCUT2D eigenvalue weighted by atomic mass is 32.2. The van der Waals surface area contributed by atoms with Gasteiger partial charge in [-0.15, -0.1) is 11.8 Å². The molecule has 2 rings (SSSR count). The molecular formula is C22H24FNS2. The second kappa shape index (κ2) is 10.4. The van der Waals surface area contributed by atoms with Crippen molar-refractivity contribution in [2.75, 3.05) is 5.75 Å². The van der Waals surface area contributed by atoms with E-state index in [1.807, 2.05) is 23.6 Å². The summed E-state index contributed by atoms with van der Waals surface area (Å²) in [6, 6.07) is 14.7. The minimum atomic E-state index is -0.215. The van der Waals surface area contributed by atoms with Gasteiger partial charge in [-0.3, -0.25) is 0 Å². The van der Waals surface area contributed by atoms with Crippen molar-refractivity contribution >= 4 is 34.3 Å². The molecule has 0 fully saturated rings. The van der Waals surface area contributed by atoms with Crippen molar-refractivity contribution in [3.8, 4) is 0 Å². The fourth-order valence-corrected chi connectivity index (χ4v) is 3.60.